The van der Waals surface area contributed by atoms with Crippen LogP contribution in [0.3, 0.4) is 0 Å². The van der Waals surface area contributed by atoms with Crippen LogP contribution in [0.25, 0.3) is 0 Å². The Morgan fingerprint density at radius 1 is 1.11 bits per heavy atom. The summed E-state index contributed by atoms with van der Waals surface area (Å²) in [6.07, 6.45) is 2.02. The van der Waals surface area contributed by atoms with Gasteiger partial charge in [-0.15, -0.1) is 0 Å². The van der Waals surface area contributed by atoms with Gasteiger partial charge in [-0.1, -0.05) is 13.8 Å². The highest BCUT2D eigenvalue weighted by Gasteiger charge is 2.26. The van der Waals surface area contributed by atoms with E-state index in [9.17, 15) is 9.18 Å². The standard InChI is InChI=1S/C26H36FN3O6/c1-17(2)15-32-12-13-33-21-6-7-23(22(27)14-21)36-25-19(5)24(28-16-29-25)35-20-8-10-30(11-9-20)26(31)34-18(3)4/h6-7,14,16-18,20H,8-13,15H2,1-5H3. The number of hydrogen-bond donors (Lipinski definition) is 0. The Balaban J connectivity index is 1.54. The number of piperidine rings is 1. The Labute approximate surface area is 211 Å². The minimum atomic E-state index is -0.572. The fourth-order valence-corrected chi connectivity index (χ4v) is 3.53. The van der Waals surface area contributed by atoms with Gasteiger partial charge in [-0.25, -0.2) is 19.2 Å². The fourth-order valence-electron chi connectivity index (χ4n) is 3.53. The molecule has 1 aliphatic rings. The lowest BCUT2D eigenvalue weighted by Gasteiger charge is -2.31. The molecule has 2 aromatic rings. The van der Waals surface area contributed by atoms with Crippen molar-refractivity contribution < 1.29 is 32.9 Å². The van der Waals surface area contributed by atoms with Crippen molar-refractivity contribution in [2.24, 2.45) is 5.92 Å². The average Bonchev–Trinajstić information content (AvgIpc) is 2.82. The van der Waals surface area contributed by atoms with E-state index in [1.165, 1.54) is 18.5 Å². The van der Waals surface area contributed by atoms with Gasteiger partial charge in [0.05, 0.1) is 18.3 Å². The number of benzene rings is 1. The third kappa shape index (κ3) is 8.22. The predicted octanol–water partition coefficient (Wildman–Crippen LogP) is 5.16. The molecule has 0 N–H and O–H groups in total. The van der Waals surface area contributed by atoms with Crippen LogP contribution in [0.1, 0.15) is 46.1 Å². The maximum atomic E-state index is 14.6. The van der Waals surface area contributed by atoms with Crippen LogP contribution >= 0.6 is 0 Å². The molecule has 1 aromatic carbocycles. The van der Waals surface area contributed by atoms with Gasteiger partial charge in [0.15, 0.2) is 11.6 Å². The number of hydrogen-bond acceptors (Lipinski definition) is 8. The van der Waals surface area contributed by atoms with Gasteiger partial charge in [0.25, 0.3) is 0 Å². The maximum Gasteiger partial charge on any atom is 0.410 e. The van der Waals surface area contributed by atoms with Crippen molar-refractivity contribution in [2.75, 3.05) is 32.9 Å². The average molecular weight is 506 g/mol. The highest BCUT2D eigenvalue weighted by Crippen LogP contribution is 2.31. The topological polar surface area (TPSA) is 92.2 Å². The largest absolute Gasteiger partial charge is 0.491 e. The van der Waals surface area contributed by atoms with Crippen molar-refractivity contribution in [3.63, 3.8) is 0 Å². The SMILES string of the molecule is Cc1c(Oc2ccc(OCCOCC(C)C)cc2F)ncnc1OC1CCN(C(=O)OC(C)C)CC1. The molecule has 1 aromatic heterocycles. The minimum Gasteiger partial charge on any atom is -0.491 e. The molecule has 1 amide bonds. The van der Waals surface area contributed by atoms with Gasteiger partial charge < -0.3 is 28.6 Å². The molecule has 0 unspecified atom stereocenters. The Morgan fingerprint density at radius 2 is 1.83 bits per heavy atom. The molecule has 0 saturated carbocycles. The zero-order valence-electron chi connectivity index (χ0n) is 21.7. The molecule has 0 aliphatic carbocycles. The third-order valence-electron chi connectivity index (χ3n) is 5.36. The Bertz CT molecular complexity index is 996. The number of aromatic nitrogens is 2. The number of amides is 1. The fraction of sp³-hybridized carbons (Fsp3) is 0.577. The summed E-state index contributed by atoms with van der Waals surface area (Å²) >= 11 is 0. The van der Waals surface area contributed by atoms with Gasteiger partial charge in [-0.3, -0.25) is 0 Å². The number of carbonyl (C=O) groups excluding carboxylic acids is 1. The molecular formula is C26H36FN3O6. The number of likely N-dealkylation sites (tertiary alicyclic amines) is 1. The molecule has 2 heterocycles. The van der Waals surface area contributed by atoms with E-state index in [4.69, 9.17) is 23.7 Å². The first kappa shape index (κ1) is 27.4. The van der Waals surface area contributed by atoms with Crippen LogP contribution in [0, 0.1) is 18.7 Å². The molecule has 0 radical (unpaired) electrons. The summed E-state index contributed by atoms with van der Waals surface area (Å²) in [4.78, 5) is 22.1. The first-order valence-electron chi connectivity index (χ1n) is 12.3. The number of ether oxygens (including phenoxy) is 5. The van der Waals surface area contributed by atoms with E-state index in [0.717, 1.165) is 0 Å². The lowest BCUT2D eigenvalue weighted by atomic mass is 10.1. The first-order valence-corrected chi connectivity index (χ1v) is 12.3. The van der Waals surface area contributed by atoms with Gasteiger partial charge in [-0.05, 0) is 38.8 Å². The normalized spacial score (nSPS) is 14.3. The molecular weight excluding hydrogens is 469 g/mol. The van der Waals surface area contributed by atoms with Gasteiger partial charge >= 0.3 is 6.09 Å². The molecule has 0 atom stereocenters. The molecule has 10 heteroatoms. The van der Waals surface area contributed by atoms with Crippen molar-refractivity contribution in [2.45, 2.75) is 59.7 Å². The van der Waals surface area contributed by atoms with E-state index in [-0.39, 0.29) is 29.9 Å². The summed E-state index contributed by atoms with van der Waals surface area (Å²) < 4.78 is 42.7. The molecule has 0 spiro atoms. The maximum absolute atomic E-state index is 14.6. The van der Waals surface area contributed by atoms with Gasteiger partial charge in [-0.2, -0.15) is 0 Å². The van der Waals surface area contributed by atoms with E-state index in [2.05, 4.69) is 23.8 Å². The lowest BCUT2D eigenvalue weighted by molar-refractivity contribution is 0.0505. The summed E-state index contributed by atoms with van der Waals surface area (Å²) in [5.74, 6) is 0.848. The van der Waals surface area contributed by atoms with E-state index in [1.54, 1.807) is 17.9 Å². The first-order chi connectivity index (χ1) is 17.2. The van der Waals surface area contributed by atoms with E-state index >= 15 is 0 Å². The number of rotatable bonds is 11. The zero-order valence-corrected chi connectivity index (χ0v) is 21.7. The Hall–Kier alpha value is -3.14. The summed E-state index contributed by atoms with van der Waals surface area (Å²) in [7, 11) is 0. The quantitative estimate of drug-likeness (QED) is 0.387. The molecule has 9 nitrogen and oxygen atoms in total. The molecule has 1 fully saturated rings. The van der Waals surface area contributed by atoms with Crippen molar-refractivity contribution in [3.8, 4) is 23.3 Å². The van der Waals surface area contributed by atoms with Crippen LogP contribution in [0.4, 0.5) is 9.18 Å². The second kappa shape index (κ2) is 13.2. The molecule has 0 bridgehead atoms. The highest BCUT2D eigenvalue weighted by atomic mass is 19.1. The molecule has 1 saturated heterocycles. The van der Waals surface area contributed by atoms with Crippen LogP contribution in [-0.2, 0) is 9.47 Å². The monoisotopic (exact) mass is 505 g/mol. The van der Waals surface area contributed by atoms with Crippen LogP contribution in [0.2, 0.25) is 0 Å². The summed E-state index contributed by atoms with van der Waals surface area (Å²) in [6, 6.07) is 4.39. The molecule has 3 rings (SSSR count). The summed E-state index contributed by atoms with van der Waals surface area (Å²) in [6.45, 7) is 12.0. The minimum absolute atomic E-state index is 0.0168. The number of nitrogens with zero attached hydrogens (tertiary/aromatic N) is 3. The summed E-state index contributed by atoms with van der Waals surface area (Å²) in [5.41, 5.74) is 0.557. The van der Waals surface area contributed by atoms with Crippen molar-refractivity contribution in [1.82, 2.24) is 14.9 Å². The molecule has 198 valence electrons. The van der Waals surface area contributed by atoms with Crippen LogP contribution in [0.15, 0.2) is 24.5 Å². The summed E-state index contributed by atoms with van der Waals surface area (Å²) in [5, 5.41) is 0. The highest BCUT2D eigenvalue weighted by molar-refractivity contribution is 5.67. The second-order valence-corrected chi connectivity index (χ2v) is 9.36. The number of halogens is 1. The second-order valence-electron chi connectivity index (χ2n) is 9.36. The molecule has 36 heavy (non-hydrogen) atoms. The van der Waals surface area contributed by atoms with Crippen molar-refractivity contribution in [1.29, 1.82) is 0 Å². The lowest BCUT2D eigenvalue weighted by Crippen LogP contribution is -2.42. The van der Waals surface area contributed by atoms with E-state index in [1.807, 2.05) is 13.8 Å². The van der Waals surface area contributed by atoms with Gasteiger partial charge in [0.2, 0.25) is 11.8 Å². The van der Waals surface area contributed by atoms with Crippen molar-refractivity contribution >= 4 is 6.09 Å². The zero-order chi connectivity index (χ0) is 26.1. The number of carbonyl (C=O) groups is 1. The van der Waals surface area contributed by atoms with E-state index in [0.29, 0.717) is 68.9 Å². The predicted molar refractivity (Wildman–Crippen MR) is 131 cm³/mol. The van der Waals surface area contributed by atoms with Crippen LogP contribution in [0.5, 0.6) is 23.3 Å². The van der Waals surface area contributed by atoms with Crippen molar-refractivity contribution in [3.05, 3.63) is 35.9 Å². The Morgan fingerprint density at radius 3 is 2.50 bits per heavy atom. The van der Waals surface area contributed by atoms with Crippen LogP contribution in [-0.4, -0.2) is 66.1 Å². The smallest absolute Gasteiger partial charge is 0.410 e. The van der Waals surface area contributed by atoms with Gasteiger partial charge in [0.1, 0.15) is 24.8 Å². The van der Waals surface area contributed by atoms with Gasteiger partial charge in [0, 0.05) is 38.6 Å². The van der Waals surface area contributed by atoms with E-state index < -0.39 is 5.82 Å². The Kier molecular flexibility index (Phi) is 10.1. The molecule has 1 aliphatic heterocycles. The van der Waals surface area contributed by atoms with Crippen LogP contribution < -0.4 is 14.2 Å². The third-order valence-corrected chi connectivity index (χ3v) is 5.36.